The van der Waals surface area contributed by atoms with Crippen LogP contribution in [0.5, 0.6) is 0 Å². The van der Waals surface area contributed by atoms with Crippen molar-refractivity contribution in [2.45, 2.75) is 44.1 Å². The second-order valence-corrected chi connectivity index (χ2v) is 5.49. The normalized spacial score (nSPS) is 34.0. The number of ether oxygens (including phenoxy) is 1. The van der Waals surface area contributed by atoms with Crippen LogP contribution in [0.2, 0.25) is 0 Å². The average molecular weight is 245 g/mol. The van der Waals surface area contributed by atoms with Crippen LogP contribution >= 0.6 is 0 Å². The molecule has 1 aliphatic carbocycles. The molecule has 0 unspecified atom stereocenters. The summed E-state index contributed by atoms with van der Waals surface area (Å²) in [5, 5.41) is 0. The minimum Gasteiger partial charge on any atom is -0.368 e. The van der Waals surface area contributed by atoms with E-state index in [2.05, 4.69) is 0 Å². The van der Waals surface area contributed by atoms with Gasteiger partial charge in [0.25, 0.3) is 11.8 Å². The first-order valence-electron chi connectivity index (χ1n) is 6.32. The van der Waals surface area contributed by atoms with Crippen molar-refractivity contribution in [2.24, 2.45) is 5.41 Å². The number of amides is 1. The summed E-state index contributed by atoms with van der Waals surface area (Å²) in [5.74, 6) is -2.48. The third-order valence-electron chi connectivity index (χ3n) is 4.45. The Labute approximate surface area is 99.1 Å². The van der Waals surface area contributed by atoms with Crippen LogP contribution in [-0.4, -0.2) is 42.5 Å². The van der Waals surface area contributed by atoms with E-state index >= 15 is 0 Å². The number of carbonyl (C=O) groups is 1. The molecule has 2 saturated heterocycles. The van der Waals surface area contributed by atoms with E-state index < -0.39 is 11.3 Å². The van der Waals surface area contributed by atoms with Crippen molar-refractivity contribution in [3.63, 3.8) is 0 Å². The molecule has 5 heteroatoms. The van der Waals surface area contributed by atoms with Crippen LogP contribution < -0.4 is 0 Å². The highest BCUT2D eigenvalue weighted by atomic mass is 19.3. The zero-order valence-corrected chi connectivity index (χ0v) is 9.75. The van der Waals surface area contributed by atoms with Crippen LogP contribution in [0.1, 0.15) is 32.1 Å². The molecule has 3 nitrogen and oxygen atoms in total. The summed E-state index contributed by atoms with van der Waals surface area (Å²) in [6, 6.07) is 0. The first-order chi connectivity index (χ1) is 8.04. The fourth-order valence-electron chi connectivity index (χ4n) is 3.05. The van der Waals surface area contributed by atoms with Crippen molar-refractivity contribution < 1.29 is 18.3 Å². The van der Waals surface area contributed by atoms with Gasteiger partial charge in [0.15, 0.2) is 0 Å². The quantitative estimate of drug-likeness (QED) is 0.705. The molecule has 3 fully saturated rings. The standard InChI is InChI=1S/C12H17F2NO2/c13-12(14)8-11(12)3-5-15(6-4-11)10(16)9-2-1-7-17-9/h9H,1-8H2/t9-/m1/s1. The molecule has 3 aliphatic rings. The first kappa shape index (κ1) is 11.4. The Bertz CT molecular complexity index is 331. The van der Waals surface area contributed by atoms with E-state index in [0.717, 1.165) is 12.8 Å². The maximum atomic E-state index is 13.2. The summed E-state index contributed by atoms with van der Waals surface area (Å²) < 4.78 is 31.7. The molecular formula is C12H17F2NO2. The highest BCUT2D eigenvalue weighted by molar-refractivity contribution is 5.81. The van der Waals surface area contributed by atoms with Gasteiger partial charge in [0.2, 0.25) is 0 Å². The number of nitrogens with zero attached hydrogens (tertiary/aromatic N) is 1. The van der Waals surface area contributed by atoms with Crippen molar-refractivity contribution in [3.8, 4) is 0 Å². The summed E-state index contributed by atoms with van der Waals surface area (Å²) >= 11 is 0. The highest BCUT2D eigenvalue weighted by Crippen LogP contribution is 2.65. The minimum atomic E-state index is -2.48. The monoisotopic (exact) mass is 245 g/mol. The molecule has 0 N–H and O–H groups in total. The molecule has 0 bridgehead atoms. The lowest BCUT2D eigenvalue weighted by Gasteiger charge is -2.33. The minimum absolute atomic E-state index is 0.00122. The second-order valence-electron chi connectivity index (χ2n) is 5.49. The summed E-state index contributed by atoms with van der Waals surface area (Å²) in [5.41, 5.74) is -0.777. The van der Waals surface area contributed by atoms with Crippen LogP contribution in [0, 0.1) is 5.41 Å². The molecule has 1 spiro atoms. The van der Waals surface area contributed by atoms with Gasteiger partial charge < -0.3 is 9.64 Å². The molecule has 3 rings (SSSR count). The van der Waals surface area contributed by atoms with Gasteiger partial charge >= 0.3 is 0 Å². The van der Waals surface area contributed by atoms with Crippen LogP contribution in [0.4, 0.5) is 8.78 Å². The van der Waals surface area contributed by atoms with Gasteiger partial charge in [-0.1, -0.05) is 0 Å². The number of halogens is 2. The van der Waals surface area contributed by atoms with Gasteiger partial charge in [0, 0.05) is 31.5 Å². The Hall–Kier alpha value is -0.710. The van der Waals surface area contributed by atoms with Crippen molar-refractivity contribution in [2.75, 3.05) is 19.7 Å². The van der Waals surface area contributed by atoms with Crippen LogP contribution in [0.3, 0.4) is 0 Å². The van der Waals surface area contributed by atoms with Crippen molar-refractivity contribution in [1.82, 2.24) is 4.90 Å². The lowest BCUT2D eigenvalue weighted by atomic mass is 9.92. The molecule has 96 valence electrons. The van der Waals surface area contributed by atoms with Crippen molar-refractivity contribution >= 4 is 5.91 Å². The van der Waals surface area contributed by atoms with E-state index in [0.29, 0.717) is 32.5 Å². The summed E-state index contributed by atoms with van der Waals surface area (Å²) in [4.78, 5) is 13.7. The number of carbonyl (C=O) groups excluding carboxylic acids is 1. The Balaban J connectivity index is 1.56. The number of piperidine rings is 1. The molecule has 2 heterocycles. The molecule has 1 amide bonds. The lowest BCUT2D eigenvalue weighted by molar-refractivity contribution is -0.143. The van der Waals surface area contributed by atoms with Gasteiger partial charge in [-0.3, -0.25) is 4.79 Å². The molecule has 17 heavy (non-hydrogen) atoms. The maximum Gasteiger partial charge on any atom is 0.254 e. The van der Waals surface area contributed by atoms with E-state index in [9.17, 15) is 13.6 Å². The lowest BCUT2D eigenvalue weighted by Crippen LogP contribution is -2.45. The molecule has 0 aromatic carbocycles. The number of alkyl halides is 2. The summed E-state index contributed by atoms with van der Waals surface area (Å²) in [6.07, 6.45) is 2.28. The van der Waals surface area contributed by atoms with E-state index in [-0.39, 0.29) is 18.4 Å². The zero-order chi connectivity index (χ0) is 12.1. The third-order valence-corrected chi connectivity index (χ3v) is 4.45. The van der Waals surface area contributed by atoms with Gasteiger partial charge in [0.05, 0.1) is 0 Å². The first-order valence-corrected chi connectivity index (χ1v) is 6.32. The summed E-state index contributed by atoms with van der Waals surface area (Å²) in [6.45, 7) is 1.58. The Morgan fingerprint density at radius 2 is 1.94 bits per heavy atom. The van der Waals surface area contributed by atoms with Gasteiger partial charge in [-0.15, -0.1) is 0 Å². The average Bonchev–Trinajstić information content (AvgIpc) is 2.75. The number of hydrogen-bond acceptors (Lipinski definition) is 2. The van der Waals surface area contributed by atoms with Crippen LogP contribution in [-0.2, 0) is 9.53 Å². The molecule has 1 atom stereocenters. The fraction of sp³-hybridized carbons (Fsp3) is 0.917. The van der Waals surface area contributed by atoms with Gasteiger partial charge in [-0.25, -0.2) is 8.78 Å². The maximum absolute atomic E-state index is 13.2. The van der Waals surface area contributed by atoms with E-state index in [1.807, 2.05) is 0 Å². The zero-order valence-electron chi connectivity index (χ0n) is 9.75. The molecule has 0 radical (unpaired) electrons. The Morgan fingerprint density at radius 1 is 1.29 bits per heavy atom. The molecule has 2 aliphatic heterocycles. The van der Waals surface area contributed by atoms with E-state index in [1.54, 1.807) is 4.90 Å². The number of rotatable bonds is 1. The SMILES string of the molecule is O=C([C@H]1CCCO1)N1CCC2(CC1)CC2(F)F. The predicted molar refractivity (Wildman–Crippen MR) is 56.8 cm³/mol. The van der Waals surface area contributed by atoms with Gasteiger partial charge in [-0.05, 0) is 25.7 Å². The Morgan fingerprint density at radius 3 is 2.41 bits per heavy atom. The smallest absolute Gasteiger partial charge is 0.254 e. The number of hydrogen-bond donors (Lipinski definition) is 0. The third kappa shape index (κ3) is 1.75. The van der Waals surface area contributed by atoms with Gasteiger partial charge in [-0.2, -0.15) is 0 Å². The van der Waals surface area contributed by atoms with E-state index in [1.165, 1.54) is 0 Å². The Kier molecular flexibility index (Phi) is 2.44. The topological polar surface area (TPSA) is 29.5 Å². The number of likely N-dealkylation sites (tertiary alicyclic amines) is 1. The fourth-order valence-corrected chi connectivity index (χ4v) is 3.05. The van der Waals surface area contributed by atoms with Crippen LogP contribution in [0.15, 0.2) is 0 Å². The van der Waals surface area contributed by atoms with Crippen molar-refractivity contribution in [1.29, 1.82) is 0 Å². The molecule has 0 aromatic rings. The van der Waals surface area contributed by atoms with E-state index in [4.69, 9.17) is 4.74 Å². The molecule has 1 saturated carbocycles. The molecule has 0 aromatic heterocycles. The largest absolute Gasteiger partial charge is 0.368 e. The van der Waals surface area contributed by atoms with Gasteiger partial charge in [0.1, 0.15) is 6.10 Å². The highest BCUT2D eigenvalue weighted by Gasteiger charge is 2.70. The summed E-state index contributed by atoms with van der Waals surface area (Å²) in [7, 11) is 0. The second kappa shape index (κ2) is 3.64. The molecular weight excluding hydrogens is 228 g/mol. The van der Waals surface area contributed by atoms with Crippen LogP contribution in [0.25, 0.3) is 0 Å². The van der Waals surface area contributed by atoms with Crippen molar-refractivity contribution in [3.05, 3.63) is 0 Å². The predicted octanol–water partition coefficient (Wildman–Crippen LogP) is 1.81.